The molecule has 0 aromatic heterocycles. The van der Waals surface area contributed by atoms with Crippen LogP contribution in [0.5, 0.6) is 0 Å². The predicted molar refractivity (Wildman–Crippen MR) is 87.6 cm³/mol. The minimum atomic E-state index is -3.66. The van der Waals surface area contributed by atoms with Gasteiger partial charge in [0.1, 0.15) is 6.04 Å². The Morgan fingerprint density at radius 1 is 1.39 bits per heavy atom. The minimum Gasteiger partial charge on any atom is -0.383 e. The van der Waals surface area contributed by atoms with E-state index in [9.17, 15) is 13.2 Å². The fourth-order valence-corrected chi connectivity index (χ4v) is 4.42. The molecule has 1 amide bonds. The Kier molecular flexibility index (Phi) is 5.78. The molecule has 0 saturated carbocycles. The highest BCUT2D eigenvalue weighted by molar-refractivity contribution is 7.89. The van der Waals surface area contributed by atoms with E-state index in [1.165, 1.54) is 4.31 Å². The number of hydrogen-bond donors (Lipinski definition) is 1. The SMILES string of the molecule is COCC(C)NC(=O)C1CCCN1S(=O)(=O)c1ccc(C)cc1. The van der Waals surface area contributed by atoms with Gasteiger partial charge in [-0.1, -0.05) is 17.7 Å². The largest absolute Gasteiger partial charge is 0.383 e. The fourth-order valence-electron chi connectivity index (χ4n) is 2.77. The van der Waals surface area contributed by atoms with Crippen LogP contribution in [0.4, 0.5) is 0 Å². The van der Waals surface area contributed by atoms with E-state index >= 15 is 0 Å². The van der Waals surface area contributed by atoms with Gasteiger partial charge in [0, 0.05) is 19.7 Å². The monoisotopic (exact) mass is 340 g/mol. The molecule has 7 heteroatoms. The molecule has 1 aliphatic heterocycles. The van der Waals surface area contributed by atoms with Crippen LogP contribution >= 0.6 is 0 Å². The maximum atomic E-state index is 12.8. The first-order chi connectivity index (χ1) is 10.9. The van der Waals surface area contributed by atoms with Gasteiger partial charge in [0.15, 0.2) is 0 Å². The van der Waals surface area contributed by atoms with Crippen molar-refractivity contribution in [3.05, 3.63) is 29.8 Å². The van der Waals surface area contributed by atoms with E-state index < -0.39 is 16.1 Å². The van der Waals surface area contributed by atoms with E-state index in [1.807, 2.05) is 13.8 Å². The topological polar surface area (TPSA) is 75.7 Å². The van der Waals surface area contributed by atoms with Crippen molar-refractivity contribution in [2.75, 3.05) is 20.3 Å². The van der Waals surface area contributed by atoms with E-state index in [4.69, 9.17) is 4.74 Å². The van der Waals surface area contributed by atoms with Crippen molar-refractivity contribution in [3.8, 4) is 0 Å². The Labute approximate surface area is 137 Å². The van der Waals surface area contributed by atoms with Gasteiger partial charge in [0.2, 0.25) is 15.9 Å². The van der Waals surface area contributed by atoms with E-state index in [2.05, 4.69) is 5.32 Å². The third-order valence-corrected chi connectivity index (χ3v) is 5.86. The number of nitrogens with zero attached hydrogens (tertiary/aromatic N) is 1. The number of aryl methyl sites for hydroxylation is 1. The highest BCUT2D eigenvalue weighted by Gasteiger charge is 2.39. The van der Waals surface area contributed by atoms with Gasteiger partial charge in [-0.05, 0) is 38.8 Å². The number of carbonyl (C=O) groups is 1. The normalized spacial score (nSPS) is 20.4. The molecule has 1 aromatic carbocycles. The lowest BCUT2D eigenvalue weighted by atomic mass is 10.2. The van der Waals surface area contributed by atoms with Crippen molar-refractivity contribution >= 4 is 15.9 Å². The fraction of sp³-hybridized carbons (Fsp3) is 0.562. The summed E-state index contributed by atoms with van der Waals surface area (Å²) >= 11 is 0. The molecular weight excluding hydrogens is 316 g/mol. The van der Waals surface area contributed by atoms with Crippen LogP contribution in [-0.4, -0.2) is 51.0 Å². The number of rotatable bonds is 6. The van der Waals surface area contributed by atoms with Crippen molar-refractivity contribution in [2.24, 2.45) is 0 Å². The summed E-state index contributed by atoms with van der Waals surface area (Å²) in [7, 11) is -2.09. The molecule has 1 aliphatic rings. The first kappa shape index (κ1) is 17.9. The number of methoxy groups -OCH3 is 1. The van der Waals surface area contributed by atoms with Crippen molar-refractivity contribution < 1.29 is 17.9 Å². The summed E-state index contributed by atoms with van der Waals surface area (Å²) in [5, 5.41) is 2.82. The molecule has 128 valence electrons. The second kappa shape index (κ2) is 7.42. The zero-order chi connectivity index (χ0) is 17.0. The summed E-state index contributed by atoms with van der Waals surface area (Å²) in [6.45, 7) is 4.49. The van der Waals surface area contributed by atoms with Gasteiger partial charge in [0.05, 0.1) is 11.5 Å². The van der Waals surface area contributed by atoms with Gasteiger partial charge in [-0.25, -0.2) is 8.42 Å². The minimum absolute atomic E-state index is 0.156. The molecule has 23 heavy (non-hydrogen) atoms. The van der Waals surface area contributed by atoms with E-state index in [0.29, 0.717) is 26.0 Å². The van der Waals surface area contributed by atoms with Crippen LogP contribution in [-0.2, 0) is 19.6 Å². The highest BCUT2D eigenvalue weighted by atomic mass is 32.2. The molecule has 1 N–H and O–H groups in total. The molecule has 1 aromatic rings. The molecular formula is C16H24N2O4S. The summed E-state index contributed by atoms with van der Waals surface area (Å²) in [4.78, 5) is 12.6. The van der Waals surface area contributed by atoms with Crippen LogP contribution in [0, 0.1) is 6.92 Å². The summed E-state index contributed by atoms with van der Waals surface area (Å²) < 4.78 is 31.9. The lowest BCUT2D eigenvalue weighted by Crippen LogP contribution is -2.49. The Bertz CT molecular complexity index is 643. The van der Waals surface area contributed by atoms with Gasteiger partial charge >= 0.3 is 0 Å². The first-order valence-electron chi connectivity index (χ1n) is 7.74. The number of hydrogen-bond acceptors (Lipinski definition) is 4. The predicted octanol–water partition coefficient (Wildman–Crippen LogP) is 1.30. The number of amides is 1. The number of carbonyl (C=O) groups excluding carboxylic acids is 1. The third kappa shape index (κ3) is 4.10. The van der Waals surface area contributed by atoms with Gasteiger partial charge in [-0.2, -0.15) is 4.31 Å². The van der Waals surface area contributed by atoms with Gasteiger partial charge in [0.25, 0.3) is 0 Å². The van der Waals surface area contributed by atoms with Crippen LogP contribution in [0.25, 0.3) is 0 Å². The summed E-state index contributed by atoms with van der Waals surface area (Å²) in [6, 6.07) is 5.90. The summed E-state index contributed by atoms with van der Waals surface area (Å²) in [5.41, 5.74) is 0.994. The Hall–Kier alpha value is -1.44. The van der Waals surface area contributed by atoms with Crippen molar-refractivity contribution in [1.82, 2.24) is 9.62 Å². The smallest absolute Gasteiger partial charge is 0.243 e. The van der Waals surface area contributed by atoms with Gasteiger partial charge in [-0.3, -0.25) is 4.79 Å². The molecule has 1 saturated heterocycles. The Morgan fingerprint density at radius 3 is 2.65 bits per heavy atom. The number of nitrogens with one attached hydrogen (secondary N) is 1. The number of ether oxygens (including phenoxy) is 1. The van der Waals surface area contributed by atoms with Gasteiger partial charge in [-0.15, -0.1) is 0 Å². The lowest BCUT2D eigenvalue weighted by Gasteiger charge is -2.25. The lowest BCUT2D eigenvalue weighted by molar-refractivity contribution is -0.125. The van der Waals surface area contributed by atoms with Crippen LogP contribution in [0.1, 0.15) is 25.3 Å². The molecule has 1 fully saturated rings. The molecule has 0 bridgehead atoms. The summed E-state index contributed by atoms with van der Waals surface area (Å²) in [6.07, 6.45) is 1.22. The average molecular weight is 340 g/mol. The standard InChI is InChI=1S/C16H24N2O4S/c1-12-6-8-14(9-7-12)23(20,21)18-10-4-5-15(18)16(19)17-13(2)11-22-3/h6-9,13,15H,4-5,10-11H2,1-3H3,(H,17,19). The van der Waals surface area contributed by atoms with Crippen molar-refractivity contribution in [2.45, 2.75) is 43.7 Å². The number of benzene rings is 1. The molecule has 2 unspecified atom stereocenters. The Balaban J connectivity index is 2.17. The van der Waals surface area contributed by atoms with Crippen LogP contribution in [0.3, 0.4) is 0 Å². The molecule has 0 radical (unpaired) electrons. The van der Waals surface area contributed by atoms with E-state index in [1.54, 1.807) is 31.4 Å². The van der Waals surface area contributed by atoms with Crippen molar-refractivity contribution in [1.29, 1.82) is 0 Å². The van der Waals surface area contributed by atoms with Crippen LogP contribution in [0.15, 0.2) is 29.2 Å². The number of sulfonamides is 1. The van der Waals surface area contributed by atoms with E-state index in [-0.39, 0.29) is 16.8 Å². The summed E-state index contributed by atoms with van der Waals surface area (Å²) in [5.74, 6) is -0.261. The zero-order valence-corrected chi connectivity index (χ0v) is 14.6. The second-order valence-electron chi connectivity index (χ2n) is 5.95. The average Bonchev–Trinajstić information content (AvgIpc) is 2.98. The molecule has 6 nitrogen and oxygen atoms in total. The third-order valence-electron chi connectivity index (χ3n) is 3.94. The molecule has 2 rings (SSSR count). The molecule has 2 atom stereocenters. The zero-order valence-electron chi connectivity index (χ0n) is 13.8. The molecule has 0 aliphatic carbocycles. The molecule has 0 spiro atoms. The van der Waals surface area contributed by atoms with Crippen LogP contribution < -0.4 is 5.32 Å². The van der Waals surface area contributed by atoms with Gasteiger partial charge < -0.3 is 10.1 Å². The Morgan fingerprint density at radius 2 is 2.04 bits per heavy atom. The molecule has 1 heterocycles. The van der Waals surface area contributed by atoms with Crippen LogP contribution in [0.2, 0.25) is 0 Å². The maximum Gasteiger partial charge on any atom is 0.243 e. The second-order valence-corrected chi connectivity index (χ2v) is 7.84. The maximum absolute atomic E-state index is 12.8. The van der Waals surface area contributed by atoms with E-state index in [0.717, 1.165) is 5.56 Å². The van der Waals surface area contributed by atoms with Crippen molar-refractivity contribution in [3.63, 3.8) is 0 Å². The quantitative estimate of drug-likeness (QED) is 0.847. The highest BCUT2D eigenvalue weighted by Crippen LogP contribution is 2.26. The first-order valence-corrected chi connectivity index (χ1v) is 9.18.